The molecule has 0 fully saturated rings. The molecule has 0 amide bonds. The zero-order chi connectivity index (χ0) is 14.1. The summed E-state index contributed by atoms with van der Waals surface area (Å²) in [5.41, 5.74) is 1.26. The summed E-state index contributed by atoms with van der Waals surface area (Å²) in [7, 11) is 0. The molecule has 1 aromatic rings. The standard InChI is InChI=1S/C16H29N3/c1-5-15(4)19(6-2)12-8-7-10-17-16-13-14(3)9-11-18-16/h9,11,13,15H,5-8,10,12H2,1-4H3,(H,17,18). The Bertz CT molecular complexity index is 352. The maximum absolute atomic E-state index is 4.31. The minimum absolute atomic E-state index is 0.705. The summed E-state index contributed by atoms with van der Waals surface area (Å²) in [6.45, 7) is 12.3. The van der Waals surface area contributed by atoms with Crippen LogP contribution in [0.2, 0.25) is 0 Å². The fourth-order valence-electron chi connectivity index (χ4n) is 2.24. The lowest BCUT2D eigenvalue weighted by molar-refractivity contribution is 0.211. The average Bonchev–Trinajstić information content (AvgIpc) is 2.42. The van der Waals surface area contributed by atoms with E-state index in [0.717, 1.165) is 18.9 Å². The molecule has 0 saturated carbocycles. The number of nitrogens with one attached hydrogen (secondary N) is 1. The van der Waals surface area contributed by atoms with E-state index in [2.05, 4.69) is 49.0 Å². The topological polar surface area (TPSA) is 28.2 Å². The number of hydrogen-bond acceptors (Lipinski definition) is 3. The van der Waals surface area contributed by atoms with Gasteiger partial charge in [-0.1, -0.05) is 13.8 Å². The van der Waals surface area contributed by atoms with Gasteiger partial charge in [0, 0.05) is 18.8 Å². The van der Waals surface area contributed by atoms with Crippen LogP contribution in [0.15, 0.2) is 18.3 Å². The molecule has 1 atom stereocenters. The number of nitrogens with zero attached hydrogens (tertiary/aromatic N) is 2. The van der Waals surface area contributed by atoms with E-state index >= 15 is 0 Å². The van der Waals surface area contributed by atoms with Crippen LogP contribution in [0.4, 0.5) is 5.82 Å². The third-order valence-corrected chi connectivity index (χ3v) is 3.71. The van der Waals surface area contributed by atoms with Crippen LogP contribution in [0.1, 0.15) is 45.6 Å². The lowest BCUT2D eigenvalue weighted by Gasteiger charge is -2.26. The predicted octanol–water partition coefficient (Wildman–Crippen LogP) is 3.70. The molecule has 0 aliphatic heterocycles. The van der Waals surface area contributed by atoms with Crippen molar-refractivity contribution in [1.29, 1.82) is 0 Å². The fraction of sp³-hybridized carbons (Fsp3) is 0.688. The SMILES string of the molecule is CCC(C)N(CC)CCCCNc1cc(C)ccn1. The molecule has 1 N–H and O–H groups in total. The Balaban J connectivity index is 2.17. The number of aromatic nitrogens is 1. The van der Waals surface area contributed by atoms with Gasteiger partial charge in [-0.25, -0.2) is 4.98 Å². The highest BCUT2D eigenvalue weighted by Gasteiger charge is 2.08. The molecule has 1 rings (SSSR count). The molecule has 3 heteroatoms. The Morgan fingerprint density at radius 1 is 1.32 bits per heavy atom. The number of rotatable bonds is 9. The van der Waals surface area contributed by atoms with Crippen LogP contribution < -0.4 is 5.32 Å². The van der Waals surface area contributed by atoms with Crippen molar-refractivity contribution in [1.82, 2.24) is 9.88 Å². The van der Waals surface area contributed by atoms with E-state index < -0.39 is 0 Å². The molecule has 0 radical (unpaired) electrons. The van der Waals surface area contributed by atoms with E-state index in [1.807, 2.05) is 12.3 Å². The van der Waals surface area contributed by atoms with Gasteiger partial charge in [-0.3, -0.25) is 0 Å². The summed E-state index contributed by atoms with van der Waals surface area (Å²) in [5, 5.41) is 3.39. The first-order valence-electron chi connectivity index (χ1n) is 7.58. The van der Waals surface area contributed by atoms with Gasteiger partial charge < -0.3 is 10.2 Å². The number of hydrogen-bond donors (Lipinski definition) is 1. The molecule has 1 unspecified atom stereocenters. The highest BCUT2D eigenvalue weighted by Crippen LogP contribution is 2.07. The molecule has 0 bridgehead atoms. The van der Waals surface area contributed by atoms with E-state index in [4.69, 9.17) is 0 Å². The van der Waals surface area contributed by atoms with Crippen LogP contribution in [0.5, 0.6) is 0 Å². The van der Waals surface area contributed by atoms with Crippen molar-refractivity contribution in [2.24, 2.45) is 0 Å². The molecule has 0 aliphatic rings. The molecule has 0 aliphatic carbocycles. The van der Waals surface area contributed by atoms with Crippen LogP contribution in [-0.4, -0.2) is 35.6 Å². The monoisotopic (exact) mass is 263 g/mol. The lowest BCUT2D eigenvalue weighted by Crippen LogP contribution is -2.33. The molecule has 3 nitrogen and oxygen atoms in total. The van der Waals surface area contributed by atoms with Crippen LogP contribution >= 0.6 is 0 Å². The number of pyridine rings is 1. The first kappa shape index (κ1) is 16.0. The van der Waals surface area contributed by atoms with Gasteiger partial charge in [0.1, 0.15) is 5.82 Å². The van der Waals surface area contributed by atoms with Crippen molar-refractivity contribution < 1.29 is 0 Å². The van der Waals surface area contributed by atoms with Gasteiger partial charge in [-0.05, 0) is 63.9 Å². The predicted molar refractivity (Wildman–Crippen MR) is 83.7 cm³/mol. The lowest BCUT2D eigenvalue weighted by atomic mass is 10.2. The second kappa shape index (κ2) is 8.92. The maximum Gasteiger partial charge on any atom is 0.126 e. The second-order valence-electron chi connectivity index (χ2n) is 5.24. The maximum atomic E-state index is 4.31. The zero-order valence-electron chi connectivity index (χ0n) is 12.9. The summed E-state index contributed by atoms with van der Waals surface area (Å²) in [4.78, 5) is 6.87. The minimum atomic E-state index is 0.705. The molecule has 0 saturated heterocycles. The first-order chi connectivity index (χ1) is 9.17. The third-order valence-electron chi connectivity index (χ3n) is 3.71. The van der Waals surface area contributed by atoms with Gasteiger partial charge in [-0.2, -0.15) is 0 Å². The first-order valence-corrected chi connectivity index (χ1v) is 7.58. The Labute approximate surface area is 118 Å². The van der Waals surface area contributed by atoms with Crippen molar-refractivity contribution in [2.75, 3.05) is 25.0 Å². The largest absolute Gasteiger partial charge is 0.370 e. The summed E-state index contributed by atoms with van der Waals surface area (Å²) < 4.78 is 0. The van der Waals surface area contributed by atoms with Gasteiger partial charge in [0.25, 0.3) is 0 Å². The molecular weight excluding hydrogens is 234 g/mol. The van der Waals surface area contributed by atoms with Crippen LogP contribution in [0.25, 0.3) is 0 Å². The van der Waals surface area contributed by atoms with Gasteiger partial charge in [0.15, 0.2) is 0 Å². The van der Waals surface area contributed by atoms with Crippen molar-refractivity contribution in [2.45, 2.75) is 53.0 Å². The Morgan fingerprint density at radius 3 is 2.74 bits per heavy atom. The number of anilines is 1. The quantitative estimate of drug-likeness (QED) is 0.689. The molecule has 0 aromatic carbocycles. The summed E-state index contributed by atoms with van der Waals surface area (Å²) >= 11 is 0. The minimum Gasteiger partial charge on any atom is -0.370 e. The molecule has 19 heavy (non-hydrogen) atoms. The molecule has 1 heterocycles. The van der Waals surface area contributed by atoms with Gasteiger partial charge >= 0.3 is 0 Å². The molecular formula is C16H29N3. The Morgan fingerprint density at radius 2 is 2.11 bits per heavy atom. The number of aryl methyl sites for hydroxylation is 1. The summed E-state index contributed by atoms with van der Waals surface area (Å²) in [5.74, 6) is 0.995. The molecule has 0 spiro atoms. The average molecular weight is 263 g/mol. The van der Waals surface area contributed by atoms with Crippen LogP contribution in [0.3, 0.4) is 0 Å². The normalized spacial score (nSPS) is 12.7. The van der Waals surface area contributed by atoms with E-state index in [9.17, 15) is 0 Å². The summed E-state index contributed by atoms with van der Waals surface area (Å²) in [6, 6.07) is 4.82. The Hall–Kier alpha value is -1.09. The second-order valence-corrected chi connectivity index (χ2v) is 5.24. The van der Waals surface area contributed by atoms with Gasteiger partial charge in [0.2, 0.25) is 0 Å². The van der Waals surface area contributed by atoms with E-state index in [1.165, 1.54) is 31.4 Å². The highest BCUT2D eigenvalue weighted by molar-refractivity contribution is 5.36. The smallest absolute Gasteiger partial charge is 0.126 e. The van der Waals surface area contributed by atoms with Crippen molar-refractivity contribution in [3.05, 3.63) is 23.9 Å². The Kier molecular flexibility index (Phi) is 7.49. The fourth-order valence-corrected chi connectivity index (χ4v) is 2.24. The van der Waals surface area contributed by atoms with Crippen molar-refractivity contribution in [3.8, 4) is 0 Å². The van der Waals surface area contributed by atoms with E-state index in [1.54, 1.807) is 0 Å². The number of unbranched alkanes of at least 4 members (excludes halogenated alkanes) is 1. The van der Waals surface area contributed by atoms with Crippen LogP contribution in [0, 0.1) is 6.92 Å². The third kappa shape index (κ3) is 6.06. The molecule has 1 aromatic heterocycles. The van der Waals surface area contributed by atoms with E-state index in [-0.39, 0.29) is 0 Å². The summed E-state index contributed by atoms with van der Waals surface area (Å²) in [6.07, 6.45) is 5.54. The van der Waals surface area contributed by atoms with Gasteiger partial charge in [-0.15, -0.1) is 0 Å². The highest BCUT2D eigenvalue weighted by atomic mass is 15.1. The van der Waals surface area contributed by atoms with Crippen LogP contribution in [-0.2, 0) is 0 Å². The molecule has 108 valence electrons. The van der Waals surface area contributed by atoms with Crippen molar-refractivity contribution in [3.63, 3.8) is 0 Å². The van der Waals surface area contributed by atoms with E-state index in [0.29, 0.717) is 6.04 Å². The van der Waals surface area contributed by atoms with Crippen molar-refractivity contribution >= 4 is 5.82 Å². The zero-order valence-corrected chi connectivity index (χ0v) is 12.9. The van der Waals surface area contributed by atoms with Gasteiger partial charge in [0.05, 0.1) is 0 Å².